The number of hydrogen-bond donors (Lipinski definition) is 2. The number of nitrogens with one attached hydrogen (secondary N) is 1. The maximum Gasteiger partial charge on any atom is 0.353 e. The minimum atomic E-state index is -0.997. The Labute approximate surface area is 93.0 Å². The maximum atomic E-state index is 10.7. The van der Waals surface area contributed by atoms with Crippen LogP contribution in [0.15, 0.2) is 24.4 Å². The van der Waals surface area contributed by atoms with Gasteiger partial charge in [-0.05, 0) is 19.4 Å². The van der Waals surface area contributed by atoms with Crippen molar-refractivity contribution >= 4 is 5.97 Å². The summed E-state index contributed by atoms with van der Waals surface area (Å²) in [5.41, 5.74) is 3.28. The van der Waals surface area contributed by atoms with Gasteiger partial charge in [-0.15, -0.1) is 0 Å². The zero-order chi connectivity index (χ0) is 11.7. The number of H-pyrrole nitrogens is 1. The van der Waals surface area contributed by atoms with Gasteiger partial charge in [-0.25, -0.2) is 9.78 Å². The number of aryl methyl sites for hydroxylation is 2. The van der Waals surface area contributed by atoms with Crippen molar-refractivity contribution in [3.05, 3.63) is 41.2 Å². The van der Waals surface area contributed by atoms with Gasteiger partial charge in [0.2, 0.25) is 0 Å². The van der Waals surface area contributed by atoms with Crippen LogP contribution >= 0.6 is 0 Å². The standard InChI is InChI=1S/C12H12N2O2/c1-7-3-4-9(8(2)5-7)11-13-6-10(14-11)12(15)16/h3-6H,1-2H3,(H,13,14)(H,15,16). The number of aromatic carboxylic acids is 1. The van der Waals surface area contributed by atoms with Crippen LogP contribution in [-0.2, 0) is 0 Å². The molecule has 0 radical (unpaired) electrons. The lowest BCUT2D eigenvalue weighted by molar-refractivity contribution is 0.0691. The molecule has 1 aromatic carbocycles. The van der Waals surface area contributed by atoms with Crippen LogP contribution in [0.4, 0.5) is 0 Å². The minimum absolute atomic E-state index is 0.106. The van der Waals surface area contributed by atoms with Crippen molar-refractivity contribution in [3.8, 4) is 11.4 Å². The second-order valence-corrected chi connectivity index (χ2v) is 3.77. The van der Waals surface area contributed by atoms with E-state index in [2.05, 4.69) is 9.97 Å². The van der Waals surface area contributed by atoms with E-state index in [1.54, 1.807) is 0 Å². The molecule has 2 N–H and O–H groups in total. The molecule has 0 aliphatic heterocycles. The summed E-state index contributed by atoms with van der Waals surface area (Å²) in [7, 11) is 0. The van der Waals surface area contributed by atoms with E-state index in [4.69, 9.17) is 5.11 Å². The highest BCUT2D eigenvalue weighted by Crippen LogP contribution is 2.21. The molecule has 0 fully saturated rings. The van der Waals surface area contributed by atoms with Crippen LogP contribution in [0.25, 0.3) is 11.4 Å². The zero-order valence-corrected chi connectivity index (χ0v) is 9.11. The maximum absolute atomic E-state index is 10.7. The number of benzene rings is 1. The number of carboxylic acids is 1. The molecule has 0 aliphatic rings. The summed E-state index contributed by atoms with van der Waals surface area (Å²) >= 11 is 0. The lowest BCUT2D eigenvalue weighted by Gasteiger charge is -2.03. The fourth-order valence-corrected chi connectivity index (χ4v) is 1.65. The first-order valence-corrected chi connectivity index (χ1v) is 4.94. The highest BCUT2D eigenvalue weighted by Gasteiger charge is 2.10. The molecule has 82 valence electrons. The number of carboxylic acid groups (broad SMARTS) is 1. The lowest BCUT2D eigenvalue weighted by Crippen LogP contribution is -1.95. The molecule has 0 unspecified atom stereocenters. The van der Waals surface area contributed by atoms with Crippen molar-refractivity contribution in [2.75, 3.05) is 0 Å². The van der Waals surface area contributed by atoms with Gasteiger partial charge in [0.05, 0.1) is 6.20 Å². The van der Waals surface area contributed by atoms with Gasteiger partial charge in [-0.3, -0.25) is 0 Å². The number of aromatic nitrogens is 2. The molecule has 4 nitrogen and oxygen atoms in total. The minimum Gasteiger partial charge on any atom is -0.477 e. The van der Waals surface area contributed by atoms with E-state index in [0.717, 1.165) is 11.1 Å². The predicted molar refractivity (Wildman–Crippen MR) is 60.5 cm³/mol. The zero-order valence-electron chi connectivity index (χ0n) is 9.11. The molecule has 1 heterocycles. The Morgan fingerprint density at radius 2 is 2.12 bits per heavy atom. The normalized spacial score (nSPS) is 10.4. The highest BCUT2D eigenvalue weighted by molar-refractivity contribution is 5.86. The summed E-state index contributed by atoms with van der Waals surface area (Å²) in [6.45, 7) is 3.99. The first kappa shape index (κ1) is 10.4. The number of hydrogen-bond acceptors (Lipinski definition) is 2. The first-order valence-electron chi connectivity index (χ1n) is 4.94. The smallest absolute Gasteiger partial charge is 0.353 e. The SMILES string of the molecule is Cc1ccc(-c2ncc(C(=O)O)[nH]2)c(C)c1. The summed E-state index contributed by atoms with van der Waals surface area (Å²) in [5, 5.41) is 8.79. The Hall–Kier alpha value is -2.10. The van der Waals surface area contributed by atoms with E-state index < -0.39 is 5.97 Å². The van der Waals surface area contributed by atoms with Crippen LogP contribution in [0.2, 0.25) is 0 Å². The number of carbonyl (C=O) groups is 1. The Morgan fingerprint density at radius 3 is 2.69 bits per heavy atom. The van der Waals surface area contributed by atoms with Crippen molar-refractivity contribution in [2.24, 2.45) is 0 Å². The van der Waals surface area contributed by atoms with Crippen LogP contribution in [0.1, 0.15) is 21.6 Å². The highest BCUT2D eigenvalue weighted by atomic mass is 16.4. The average molecular weight is 216 g/mol. The third kappa shape index (κ3) is 1.82. The number of nitrogens with zero attached hydrogens (tertiary/aromatic N) is 1. The van der Waals surface area contributed by atoms with Gasteiger partial charge in [0, 0.05) is 5.56 Å². The van der Waals surface area contributed by atoms with Crippen LogP contribution in [0.5, 0.6) is 0 Å². The van der Waals surface area contributed by atoms with Crippen molar-refractivity contribution in [1.82, 2.24) is 9.97 Å². The molecule has 4 heteroatoms. The molecule has 2 aromatic rings. The third-order valence-corrected chi connectivity index (χ3v) is 2.44. The van der Waals surface area contributed by atoms with Gasteiger partial charge >= 0.3 is 5.97 Å². The molecule has 16 heavy (non-hydrogen) atoms. The first-order chi connectivity index (χ1) is 7.58. The van der Waals surface area contributed by atoms with E-state index in [-0.39, 0.29) is 5.69 Å². The molecule has 0 saturated carbocycles. The monoisotopic (exact) mass is 216 g/mol. The van der Waals surface area contributed by atoms with Gasteiger partial charge in [0.25, 0.3) is 0 Å². The quantitative estimate of drug-likeness (QED) is 0.810. The average Bonchev–Trinajstić information content (AvgIpc) is 2.66. The van der Waals surface area contributed by atoms with Gasteiger partial charge in [-0.2, -0.15) is 0 Å². The Kier molecular flexibility index (Phi) is 2.48. The van der Waals surface area contributed by atoms with Crippen molar-refractivity contribution in [1.29, 1.82) is 0 Å². The van der Waals surface area contributed by atoms with Gasteiger partial charge in [0.15, 0.2) is 0 Å². The molecule has 2 rings (SSSR count). The molecule has 0 saturated heterocycles. The molecule has 0 aliphatic carbocycles. The number of rotatable bonds is 2. The summed E-state index contributed by atoms with van der Waals surface area (Å²) < 4.78 is 0. The van der Waals surface area contributed by atoms with Gasteiger partial charge in [-0.1, -0.05) is 23.8 Å². The predicted octanol–water partition coefficient (Wildman–Crippen LogP) is 2.39. The second-order valence-electron chi connectivity index (χ2n) is 3.77. The molecule has 1 aromatic heterocycles. The molecular weight excluding hydrogens is 204 g/mol. The summed E-state index contributed by atoms with van der Waals surface area (Å²) in [6.07, 6.45) is 1.33. The summed E-state index contributed by atoms with van der Waals surface area (Å²) in [6, 6.07) is 5.96. The second kappa shape index (κ2) is 3.81. The van der Waals surface area contributed by atoms with Crippen LogP contribution < -0.4 is 0 Å². The van der Waals surface area contributed by atoms with Crippen LogP contribution in [0, 0.1) is 13.8 Å². The number of aromatic amines is 1. The number of imidazole rings is 1. The van der Waals surface area contributed by atoms with Crippen LogP contribution in [-0.4, -0.2) is 21.0 Å². The van der Waals surface area contributed by atoms with Gasteiger partial charge < -0.3 is 10.1 Å². The van der Waals surface area contributed by atoms with Gasteiger partial charge in [0.1, 0.15) is 11.5 Å². The van der Waals surface area contributed by atoms with E-state index in [1.165, 1.54) is 11.8 Å². The third-order valence-electron chi connectivity index (χ3n) is 2.44. The lowest BCUT2D eigenvalue weighted by atomic mass is 10.1. The van der Waals surface area contributed by atoms with Crippen molar-refractivity contribution in [3.63, 3.8) is 0 Å². The van der Waals surface area contributed by atoms with E-state index in [0.29, 0.717) is 5.82 Å². The van der Waals surface area contributed by atoms with E-state index >= 15 is 0 Å². The molecule has 0 atom stereocenters. The van der Waals surface area contributed by atoms with E-state index in [1.807, 2.05) is 32.0 Å². The summed E-state index contributed by atoms with van der Waals surface area (Å²) in [4.78, 5) is 17.6. The molecule has 0 spiro atoms. The Balaban J connectivity index is 2.46. The largest absolute Gasteiger partial charge is 0.477 e. The fraction of sp³-hybridized carbons (Fsp3) is 0.167. The molecule has 0 amide bonds. The fourth-order valence-electron chi connectivity index (χ4n) is 1.65. The molecule has 0 bridgehead atoms. The van der Waals surface area contributed by atoms with Crippen molar-refractivity contribution in [2.45, 2.75) is 13.8 Å². The van der Waals surface area contributed by atoms with E-state index in [9.17, 15) is 4.79 Å². The topological polar surface area (TPSA) is 66.0 Å². The Bertz CT molecular complexity index is 544. The molecular formula is C12H12N2O2. The van der Waals surface area contributed by atoms with Crippen molar-refractivity contribution < 1.29 is 9.90 Å². The van der Waals surface area contributed by atoms with Crippen LogP contribution in [0.3, 0.4) is 0 Å². The Morgan fingerprint density at radius 1 is 1.38 bits per heavy atom. The summed E-state index contributed by atoms with van der Waals surface area (Å²) in [5.74, 6) is -0.404.